The summed E-state index contributed by atoms with van der Waals surface area (Å²) in [6, 6.07) is 10.9. The fourth-order valence-corrected chi connectivity index (χ4v) is 4.41. The van der Waals surface area contributed by atoms with Gasteiger partial charge < -0.3 is 18.6 Å². The Bertz CT molecular complexity index is 1020. The van der Waals surface area contributed by atoms with Crippen molar-refractivity contribution < 1.29 is 23.4 Å². The number of benzene rings is 2. The van der Waals surface area contributed by atoms with Crippen molar-refractivity contribution >= 4 is 19.9 Å². The van der Waals surface area contributed by atoms with E-state index >= 15 is 0 Å². The Morgan fingerprint density at radius 1 is 0.906 bits per heavy atom. The van der Waals surface area contributed by atoms with E-state index in [1.807, 2.05) is 30.3 Å². The van der Waals surface area contributed by atoms with Crippen LogP contribution in [-0.2, 0) is 4.79 Å². The minimum atomic E-state index is -2.10. The molecule has 1 heterocycles. The lowest BCUT2D eigenvalue weighted by molar-refractivity contribution is -0.118. The topological polar surface area (TPSA) is 57.2 Å². The van der Waals surface area contributed by atoms with E-state index in [0.717, 1.165) is 5.56 Å². The maximum absolute atomic E-state index is 12.8. The van der Waals surface area contributed by atoms with Crippen LogP contribution in [0, 0.1) is 0 Å². The number of hydrogen-bond acceptors (Lipinski definition) is 5. The molecule has 1 aliphatic heterocycles. The molecule has 1 aliphatic rings. The van der Waals surface area contributed by atoms with Gasteiger partial charge in [-0.15, -0.1) is 0 Å². The van der Waals surface area contributed by atoms with Gasteiger partial charge in [-0.3, -0.25) is 9.69 Å². The molecule has 0 unspecified atom stereocenters. The summed E-state index contributed by atoms with van der Waals surface area (Å²) in [7, 11) is 2.71. The van der Waals surface area contributed by atoms with E-state index in [0.29, 0.717) is 34.3 Å². The first kappa shape index (κ1) is 23.7. The van der Waals surface area contributed by atoms with E-state index in [9.17, 15) is 4.79 Å². The average molecular weight is 456 g/mol. The molecule has 1 amide bonds. The van der Waals surface area contributed by atoms with Gasteiger partial charge in [-0.25, -0.2) is 0 Å². The highest BCUT2D eigenvalue weighted by Crippen LogP contribution is 2.47. The van der Waals surface area contributed by atoms with E-state index in [-0.39, 0.29) is 17.0 Å². The minimum absolute atomic E-state index is 0.0350. The summed E-state index contributed by atoms with van der Waals surface area (Å²) >= 11 is 0. The van der Waals surface area contributed by atoms with Crippen LogP contribution in [-0.4, -0.2) is 35.6 Å². The van der Waals surface area contributed by atoms with Gasteiger partial charge in [0.25, 0.3) is 14.2 Å². The number of nitrogens with zero attached hydrogens (tertiary/aromatic N) is 1. The molecule has 0 bridgehead atoms. The van der Waals surface area contributed by atoms with Crippen LogP contribution >= 0.6 is 0 Å². The second-order valence-electron chi connectivity index (χ2n) is 9.45. The molecule has 0 radical (unpaired) electrons. The number of methoxy groups -OCH3 is 3. The molecule has 32 heavy (non-hydrogen) atoms. The number of carbonyl (C=O) groups is 1. The largest absolute Gasteiger partial charge is 0.541 e. The van der Waals surface area contributed by atoms with Gasteiger partial charge in [0.1, 0.15) is 17.2 Å². The van der Waals surface area contributed by atoms with Gasteiger partial charge in [-0.1, -0.05) is 33.4 Å². The number of amides is 1. The molecule has 1 saturated heterocycles. The van der Waals surface area contributed by atoms with Crippen molar-refractivity contribution in [3.63, 3.8) is 0 Å². The first-order chi connectivity index (χ1) is 14.9. The van der Waals surface area contributed by atoms with Crippen molar-refractivity contribution in [2.24, 2.45) is 0 Å². The van der Waals surface area contributed by atoms with Crippen LogP contribution in [0.5, 0.6) is 23.0 Å². The predicted molar refractivity (Wildman–Crippen MR) is 130 cm³/mol. The van der Waals surface area contributed by atoms with Crippen LogP contribution < -0.4 is 23.5 Å². The van der Waals surface area contributed by atoms with Gasteiger partial charge in [0, 0.05) is 23.8 Å². The van der Waals surface area contributed by atoms with Gasteiger partial charge in [-0.05, 0) is 35.8 Å². The maximum atomic E-state index is 12.8. The highest BCUT2D eigenvalue weighted by atomic mass is 28.4. The van der Waals surface area contributed by atoms with Gasteiger partial charge >= 0.3 is 0 Å². The van der Waals surface area contributed by atoms with E-state index in [4.69, 9.17) is 18.6 Å². The summed E-state index contributed by atoms with van der Waals surface area (Å²) in [4.78, 5) is 14.5. The molecular weight excluding hydrogens is 422 g/mol. The number of β-lactam (4-membered cyclic amide) rings is 1. The minimum Gasteiger partial charge on any atom is -0.541 e. The second kappa shape index (κ2) is 8.54. The van der Waals surface area contributed by atoms with Crippen LogP contribution in [0.3, 0.4) is 0 Å². The molecule has 2 aromatic carbocycles. The highest BCUT2D eigenvalue weighted by molar-refractivity contribution is 6.74. The zero-order chi connectivity index (χ0) is 23.8. The molecule has 3 rings (SSSR count). The molecule has 0 spiro atoms. The number of anilines is 1. The predicted octanol–water partition coefficient (Wildman–Crippen LogP) is 5.74. The van der Waals surface area contributed by atoms with Crippen molar-refractivity contribution in [2.45, 2.75) is 44.9 Å². The third-order valence-corrected chi connectivity index (χ3v) is 10.7. The summed E-state index contributed by atoms with van der Waals surface area (Å²) in [5, 5.41) is 0.0350. The molecule has 1 fully saturated rings. The lowest BCUT2D eigenvalue weighted by Gasteiger charge is -2.43. The summed E-state index contributed by atoms with van der Waals surface area (Å²) in [6.45, 7) is 15.0. The molecule has 0 saturated carbocycles. The van der Waals surface area contributed by atoms with Crippen molar-refractivity contribution in [1.82, 2.24) is 0 Å². The quantitative estimate of drug-likeness (QED) is 0.303. The fourth-order valence-electron chi connectivity index (χ4n) is 3.40. The Labute approximate surface area is 191 Å². The molecule has 7 heteroatoms. The Kier molecular flexibility index (Phi) is 6.33. The van der Waals surface area contributed by atoms with Crippen molar-refractivity contribution in [3.8, 4) is 23.0 Å². The highest BCUT2D eigenvalue weighted by Gasteiger charge is 2.44. The average Bonchev–Trinajstić information content (AvgIpc) is 2.75. The smallest absolute Gasteiger partial charge is 0.256 e. The first-order valence-corrected chi connectivity index (χ1v) is 13.5. The third kappa shape index (κ3) is 4.21. The number of ether oxygens (including phenoxy) is 3. The van der Waals surface area contributed by atoms with Crippen LogP contribution in [0.25, 0.3) is 0 Å². The van der Waals surface area contributed by atoms with Crippen molar-refractivity contribution in [3.05, 3.63) is 54.1 Å². The van der Waals surface area contributed by atoms with Gasteiger partial charge in [0.2, 0.25) is 0 Å². The molecule has 2 aromatic rings. The van der Waals surface area contributed by atoms with Crippen molar-refractivity contribution in [2.75, 3.05) is 26.2 Å². The molecule has 1 atom stereocenters. The van der Waals surface area contributed by atoms with E-state index in [1.54, 1.807) is 32.3 Å². The van der Waals surface area contributed by atoms with Crippen LogP contribution in [0.4, 0.5) is 5.69 Å². The zero-order valence-electron chi connectivity index (χ0n) is 20.2. The monoisotopic (exact) mass is 455 g/mol. The van der Waals surface area contributed by atoms with Crippen molar-refractivity contribution in [1.29, 1.82) is 0 Å². The van der Waals surface area contributed by atoms with E-state index in [2.05, 4.69) is 40.4 Å². The van der Waals surface area contributed by atoms with Crippen LogP contribution in [0.2, 0.25) is 18.1 Å². The second-order valence-corrected chi connectivity index (χ2v) is 14.2. The number of rotatable bonds is 7. The summed E-state index contributed by atoms with van der Waals surface area (Å²) in [5.74, 6) is 2.45. The normalized spacial score (nSPS) is 16.5. The summed E-state index contributed by atoms with van der Waals surface area (Å²) in [6.07, 6.45) is 0. The lowest BCUT2D eigenvalue weighted by atomic mass is 9.88. The lowest BCUT2D eigenvalue weighted by Crippen LogP contribution is -2.49. The maximum Gasteiger partial charge on any atom is 0.256 e. The van der Waals surface area contributed by atoms with Gasteiger partial charge in [-0.2, -0.15) is 0 Å². The van der Waals surface area contributed by atoms with Crippen LogP contribution in [0.1, 0.15) is 32.4 Å². The molecule has 0 aliphatic carbocycles. The molecular formula is C25H33NO5Si. The molecule has 6 nitrogen and oxygen atoms in total. The van der Waals surface area contributed by atoms with Crippen LogP contribution in [0.15, 0.2) is 48.6 Å². The third-order valence-electron chi connectivity index (χ3n) is 6.37. The zero-order valence-corrected chi connectivity index (χ0v) is 21.2. The number of hydrogen-bond donors (Lipinski definition) is 0. The van der Waals surface area contributed by atoms with E-state index in [1.165, 1.54) is 0 Å². The Hall–Kier alpha value is -2.93. The van der Waals surface area contributed by atoms with Gasteiger partial charge in [0.15, 0.2) is 5.75 Å². The molecule has 172 valence electrons. The van der Waals surface area contributed by atoms with E-state index < -0.39 is 8.32 Å². The molecule has 0 aromatic heterocycles. The Balaban J connectivity index is 2.03. The molecule has 0 N–H and O–H groups in total. The fraction of sp³-hybridized carbons (Fsp3) is 0.400. The SMILES string of the molecule is C=C1C(=O)N(c2cc(OC)cc(OC)c2)[C@H]1c1ccc(OC)c(O[Si](C)(C)C(C)(C)C)c1. The Morgan fingerprint density at radius 2 is 1.50 bits per heavy atom. The standard InChI is InChI=1S/C25H33NO5Si/c1-16-23(26(24(16)27)18-13-19(28-5)15-20(14-18)29-6)17-10-11-21(30-7)22(12-17)31-32(8,9)25(2,3)4/h10-15,23H,1H2,2-9H3/t23-/m1/s1. The first-order valence-electron chi connectivity index (χ1n) is 10.6. The Morgan fingerprint density at radius 3 is 2.00 bits per heavy atom. The van der Waals surface area contributed by atoms with Gasteiger partial charge in [0.05, 0.1) is 33.1 Å². The summed E-state index contributed by atoms with van der Waals surface area (Å²) < 4.78 is 22.9. The number of carbonyl (C=O) groups excluding carboxylic acids is 1. The summed E-state index contributed by atoms with van der Waals surface area (Å²) in [5.41, 5.74) is 2.12.